The molecule has 1 rings (SSSR count). The second-order valence-electron chi connectivity index (χ2n) is 24.3. The first-order valence-electron chi connectivity index (χ1n) is 30.9. The number of nitrogens with one attached hydrogen (secondary N) is 9. The molecule has 1 saturated carbocycles. The fourth-order valence-corrected chi connectivity index (χ4v) is 10.0. The average Bonchev–Trinajstić information content (AvgIpc) is 3.62. The van der Waals surface area contributed by atoms with Crippen molar-refractivity contribution >= 4 is 65.0 Å². The Morgan fingerprint density at radius 1 is 0.459 bits per heavy atom. The van der Waals surface area contributed by atoms with Crippen LogP contribution in [-0.4, -0.2) is 157 Å². The van der Waals surface area contributed by atoms with E-state index in [0.717, 1.165) is 32.1 Å². The van der Waals surface area contributed by atoms with Gasteiger partial charge in [0.2, 0.25) is 59.1 Å². The highest BCUT2D eigenvalue weighted by atomic mass is 16.3. The second kappa shape index (κ2) is 41.8. The van der Waals surface area contributed by atoms with Gasteiger partial charge in [-0.2, -0.15) is 0 Å². The molecule has 27 heteroatoms. The van der Waals surface area contributed by atoms with E-state index in [2.05, 4.69) is 52.8 Å². The molecule has 0 bridgehead atoms. The van der Waals surface area contributed by atoms with Crippen molar-refractivity contribution in [2.75, 3.05) is 26.2 Å². The Morgan fingerprint density at radius 2 is 0.835 bits per heavy atom. The van der Waals surface area contributed by atoms with Crippen LogP contribution in [0.3, 0.4) is 0 Å². The van der Waals surface area contributed by atoms with E-state index >= 15 is 0 Å². The van der Waals surface area contributed by atoms with Crippen molar-refractivity contribution in [1.82, 2.24) is 47.9 Å². The number of carbonyl (C=O) groups excluding carboxylic acids is 10. The molecule has 0 aromatic rings. The largest absolute Gasteiger partial charge is 0.391 e. The average molecular weight is 1210 g/mol. The number of nitrogens with two attached hydrogens (primary N) is 6. The van der Waals surface area contributed by atoms with Gasteiger partial charge in [0.25, 0.3) is 0 Å². The first kappa shape index (κ1) is 76.8. The molecular weight excluding hydrogens is 1100 g/mol. The summed E-state index contributed by atoms with van der Waals surface area (Å²) < 4.78 is 0. The minimum atomic E-state index is -1.63. The van der Waals surface area contributed by atoms with Crippen molar-refractivity contribution in [3.63, 3.8) is 0 Å². The Morgan fingerprint density at radius 3 is 1.26 bits per heavy atom. The van der Waals surface area contributed by atoms with Crippen LogP contribution in [0.2, 0.25) is 0 Å². The third-order valence-electron chi connectivity index (χ3n) is 14.9. The third-order valence-corrected chi connectivity index (χ3v) is 14.9. The van der Waals surface area contributed by atoms with Crippen LogP contribution in [0.5, 0.6) is 0 Å². The predicted octanol–water partition coefficient (Wildman–Crippen LogP) is -0.969. The smallest absolute Gasteiger partial charge is 0.245 e. The van der Waals surface area contributed by atoms with Crippen LogP contribution in [0, 0.1) is 29.6 Å². The number of hydrogen-bond acceptors (Lipinski definition) is 15. The monoisotopic (exact) mass is 1210 g/mol. The molecule has 85 heavy (non-hydrogen) atoms. The molecule has 488 valence electrons. The number of nitrogens with zero attached hydrogens (tertiary/aromatic N) is 1. The molecule has 27 nitrogen and oxygen atoms in total. The van der Waals surface area contributed by atoms with E-state index in [1.807, 2.05) is 55.4 Å². The summed E-state index contributed by atoms with van der Waals surface area (Å²) in [5.74, 6) is -7.70. The molecule has 0 radical (unpaired) electrons. The molecule has 0 heterocycles. The van der Waals surface area contributed by atoms with Crippen molar-refractivity contribution in [2.24, 2.45) is 69.0 Å². The summed E-state index contributed by atoms with van der Waals surface area (Å²) in [5.41, 5.74) is 34.0. The van der Waals surface area contributed by atoms with E-state index in [4.69, 9.17) is 34.4 Å². The number of amides is 10. The summed E-state index contributed by atoms with van der Waals surface area (Å²) in [6, 6.07) is -11.1. The van der Waals surface area contributed by atoms with Crippen LogP contribution < -0.4 is 82.3 Å². The van der Waals surface area contributed by atoms with Gasteiger partial charge in [-0.05, 0) is 133 Å². The normalized spacial score (nSPS) is 16.6. The maximum Gasteiger partial charge on any atom is 0.245 e. The van der Waals surface area contributed by atoms with E-state index < -0.39 is 120 Å². The highest BCUT2D eigenvalue weighted by Gasteiger charge is 2.37. The molecule has 0 aromatic heterocycles. The van der Waals surface area contributed by atoms with Crippen molar-refractivity contribution in [1.29, 1.82) is 0 Å². The molecule has 1 aliphatic carbocycles. The topological polar surface area (TPSA) is 468 Å². The number of unbranched alkanes of at least 4 members (excludes halogenated alkanes) is 2. The SMILES string of the molecule is CC[C@H](C)C[C@H](NC(=O)[C@H](CCCN=C(N)N)NC(=O)[C@H](CCCCN)NC(=O)[C@H](CC1CCCCC1)NC(=O)[C@H](CC(C)C)NC(=O)CN)C(=O)N[C@@H](CCCCN)C(=O)N[C@H](C(=O)N[C@@H](CC(C)C)C(=O)N[C@@H](CC(C)C)C(N)=O)[C@@H](C)O. The molecule has 0 aromatic carbocycles. The lowest BCUT2D eigenvalue weighted by molar-refractivity contribution is -0.137. The minimum absolute atomic E-state index is 0.00455. The maximum absolute atomic E-state index is 14.7. The number of primary amides is 1. The van der Waals surface area contributed by atoms with E-state index in [1.165, 1.54) is 6.92 Å². The first-order valence-corrected chi connectivity index (χ1v) is 30.9. The van der Waals surface area contributed by atoms with Gasteiger partial charge in [-0.1, -0.05) is 93.9 Å². The molecule has 0 unspecified atom stereocenters. The van der Waals surface area contributed by atoms with Crippen molar-refractivity contribution < 1.29 is 53.1 Å². The fourth-order valence-electron chi connectivity index (χ4n) is 10.0. The van der Waals surface area contributed by atoms with Crippen LogP contribution in [0.15, 0.2) is 4.99 Å². The third kappa shape index (κ3) is 31.7. The number of aliphatic hydroxyl groups is 1. The van der Waals surface area contributed by atoms with Gasteiger partial charge in [0.05, 0.1) is 12.6 Å². The van der Waals surface area contributed by atoms with E-state index in [-0.39, 0.29) is 120 Å². The number of aliphatic imine (C=N–C) groups is 1. The van der Waals surface area contributed by atoms with Crippen molar-refractivity contribution in [3.05, 3.63) is 0 Å². The van der Waals surface area contributed by atoms with E-state index in [0.29, 0.717) is 32.1 Å². The molecule has 10 amide bonds. The van der Waals surface area contributed by atoms with Gasteiger partial charge in [0, 0.05) is 6.54 Å². The second-order valence-corrected chi connectivity index (χ2v) is 24.3. The predicted molar refractivity (Wildman–Crippen MR) is 327 cm³/mol. The summed E-state index contributed by atoms with van der Waals surface area (Å²) in [5, 5.41) is 35.4. The molecular formula is C58H110N16O11. The molecule has 1 fully saturated rings. The Labute approximate surface area is 504 Å². The minimum Gasteiger partial charge on any atom is -0.391 e. The standard InChI is InChI=1S/C58H110N16O11/c1-10-36(8)30-45(55(83)69-40(22-15-17-25-60)52(80)74-48(37(9)75)57(85)73-44(29-35(6)7)54(82)70-42(49(62)77)27-33(2)3)71-51(79)41(23-18-26-65-58(63)64)67-50(78)39(21-14-16-24-59)68-56(84)46(31-38-19-12-11-13-20-38)72-53(81)43(28-34(4)5)66-47(76)32-61/h33-46,48,75H,10-32,59-61H2,1-9H3,(H2,62,77)(H,66,76)(H,67,78)(H,68,84)(H,69,83)(H,70,82)(H,71,79)(H,72,81)(H,73,85)(H,74,80)(H4,63,64,65)/t36-,37+,39-,40-,41-,42-,43-,44-,45-,46-,48-/m0/s1. The Balaban J connectivity index is 3.70. The van der Waals surface area contributed by atoms with E-state index in [1.54, 1.807) is 0 Å². The van der Waals surface area contributed by atoms with Gasteiger partial charge in [-0.3, -0.25) is 52.9 Å². The summed E-state index contributed by atoms with van der Waals surface area (Å²) in [4.78, 5) is 143. The summed E-state index contributed by atoms with van der Waals surface area (Å²) in [7, 11) is 0. The van der Waals surface area contributed by atoms with Crippen molar-refractivity contribution in [2.45, 2.75) is 245 Å². The summed E-state index contributed by atoms with van der Waals surface area (Å²) in [6.45, 7) is 16.4. The number of aliphatic hydroxyl groups excluding tert-OH is 1. The van der Waals surface area contributed by atoms with Crippen LogP contribution in [0.25, 0.3) is 0 Å². The van der Waals surface area contributed by atoms with Crippen molar-refractivity contribution in [3.8, 4) is 0 Å². The van der Waals surface area contributed by atoms with Gasteiger partial charge in [0.15, 0.2) is 5.96 Å². The van der Waals surface area contributed by atoms with Crippen LogP contribution >= 0.6 is 0 Å². The van der Waals surface area contributed by atoms with Crippen LogP contribution in [-0.2, 0) is 47.9 Å². The fraction of sp³-hybridized carbons (Fsp3) is 0.810. The number of rotatable bonds is 43. The van der Waals surface area contributed by atoms with Crippen LogP contribution in [0.1, 0.15) is 184 Å². The molecule has 1 aliphatic rings. The molecule has 0 spiro atoms. The Hall–Kier alpha value is -6.19. The molecule has 22 N–H and O–H groups in total. The lowest BCUT2D eigenvalue weighted by Crippen LogP contribution is -2.62. The summed E-state index contributed by atoms with van der Waals surface area (Å²) in [6.07, 6.45) is 6.57. The number of carbonyl (C=O) groups is 10. The van der Waals surface area contributed by atoms with Gasteiger partial charge in [-0.15, -0.1) is 0 Å². The number of guanidine groups is 1. The maximum atomic E-state index is 14.7. The highest BCUT2D eigenvalue weighted by molar-refractivity contribution is 5.98. The van der Waals surface area contributed by atoms with E-state index in [9.17, 15) is 53.1 Å². The highest BCUT2D eigenvalue weighted by Crippen LogP contribution is 2.28. The lowest BCUT2D eigenvalue weighted by Gasteiger charge is -2.30. The molecule has 0 saturated heterocycles. The number of hydrogen-bond donors (Lipinski definition) is 16. The summed E-state index contributed by atoms with van der Waals surface area (Å²) >= 11 is 0. The van der Waals surface area contributed by atoms with Gasteiger partial charge >= 0.3 is 0 Å². The molecule has 11 atom stereocenters. The van der Waals surface area contributed by atoms with Gasteiger partial charge in [0.1, 0.15) is 54.4 Å². The zero-order valence-electron chi connectivity index (χ0n) is 52.4. The Bertz CT molecular complexity index is 2120. The van der Waals surface area contributed by atoms with Gasteiger partial charge < -0.3 is 87.4 Å². The van der Waals surface area contributed by atoms with Gasteiger partial charge in [-0.25, -0.2) is 0 Å². The molecule has 0 aliphatic heterocycles. The quantitative estimate of drug-likeness (QED) is 0.0198. The lowest BCUT2D eigenvalue weighted by atomic mass is 9.84. The first-order chi connectivity index (χ1) is 40.1. The zero-order valence-corrected chi connectivity index (χ0v) is 52.4. The van der Waals surface area contributed by atoms with Crippen LogP contribution in [0.4, 0.5) is 0 Å². The Kier molecular flexibility index (Phi) is 37.8. The zero-order chi connectivity index (χ0) is 64.3.